The van der Waals surface area contributed by atoms with Gasteiger partial charge in [0.25, 0.3) is 0 Å². The second-order valence-corrected chi connectivity index (χ2v) is 5.65. The number of hydrogen-bond donors (Lipinski definition) is 1. The Morgan fingerprint density at radius 2 is 2.09 bits per heavy atom. The van der Waals surface area contributed by atoms with Crippen LogP contribution in [0.15, 0.2) is 42.6 Å². The topological polar surface area (TPSA) is 29.9 Å². The summed E-state index contributed by atoms with van der Waals surface area (Å²) in [5.41, 5.74) is 7.18. The van der Waals surface area contributed by atoms with Crippen LogP contribution in [0.5, 0.6) is 0 Å². The standard InChI is InChI=1S/C20H27N3/c1-6-16(12-13-21-8-3)19-18(7-2)23(5)22-20(19)17-11-9-10-15(4)14-17/h6,9-14,21H,7-8H2,1-5H3/b13-12-,16-6+. The minimum Gasteiger partial charge on any atom is -0.391 e. The third-order valence-electron chi connectivity index (χ3n) is 3.98. The van der Waals surface area contributed by atoms with Gasteiger partial charge in [-0.15, -0.1) is 0 Å². The molecular weight excluding hydrogens is 282 g/mol. The minimum atomic E-state index is 0.923. The van der Waals surface area contributed by atoms with Gasteiger partial charge in [0.15, 0.2) is 0 Å². The minimum absolute atomic E-state index is 0.923. The molecule has 1 aromatic carbocycles. The summed E-state index contributed by atoms with van der Waals surface area (Å²) in [6.07, 6.45) is 7.26. The Bertz CT molecular complexity index is 720. The first-order chi connectivity index (χ1) is 11.1. The molecule has 23 heavy (non-hydrogen) atoms. The van der Waals surface area contributed by atoms with Gasteiger partial charge in [-0.1, -0.05) is 36.8 Å². The highest BCUT2D eigenvalue weighted by Gasteiger charge is 2.18. The monoisotopic (exact) mass is 309 g/mol. The summed E-state index contributed by atoms with van der Waals surface area (Å²) in [5.74, 6) is 0. The van der Waals surface area contributed by atoms with E-state index in [2.05, 4.69) is 69.4 Å². The maximum Gasteiger partial charge on any atom is 0.100 e. The number of nitrogens with zero attached hydrogens (tertiary/aromatic N) is 2. The molecule has 3 heteroatoms. The van der Waals surface area contributed by atoms with Crippen LogP contribution in [0.3, 0.4) is 0 Å². The van der Waals surface area contributed by atoms with Gasteiger partial charge in [0.1, 0.15) is 5.69 Å². The van der Waals surface area contributed by atoms with E-state index >= 15 is 0 Å². The normalized spacial score (nSPS) is 12.1. The highest BCUT2D eigenvalue weighted by molar-refractivity contribution is 5.85. The van der Waals surface area contributed by atoms with Crippen molar-refractivity contribution in [2.75, 3.05) is 6.54 Å². The smallest absolute Gasteiger partial charge is 0.100 e. The number of hydrogen-bond acceptors (Lipinski definition) is 2. The van der Waals surface area contributed by atoms with E-state index in [0.29, 0.717) is 0 Å². The highest BCUT2D eigenvalue weighted by Crippen LogP contribution is 2.32. The van der Waals surface area contributed by atoms with Crippen LogP contribution in [0.4, 0.5) is 0 Å². The Kier molecular flexibility index (Phi) is 5.80. The van der Waals surface area contributed by atoms with E-state index in [1.54, 1.807) is 0 Å². The fraction of sp³-hybridized carbons (Fsp3) is 0.350. The third-order valence-corrected chi connectivity index (χ3v) is 3.98. The van der Waals surface area contributed by atoms with Gasteiger partial charge in [-0.2, -0.15) is 5.10 Å². The first kappa shape index (κ1) is 17.1. The molecule has 122 valence electrons. The predicted molar refractivity (Wildman–Crippen MR) is 99.2 cm³/mol. The fourth-order valence-corrected chi connectivity index (χ4v) is 2.85. The molecule has 0 saturated carbocycles. The molecule has 2 aromatic rings. The van der Waals surface area contributed by atoms with E-state index in [1.807, 2.05) is 17.9 Å². The second kappa shape index (κ2) is 7.82. The quantitative estimate of drug-likeness (QED) is 0.797. The van der Waals surface area contributed by atoms with E-state index in [9.17, 15) is 0 Å². The predicted octanol–water partition coefficient (Wildman–Crippen LogP) is 4.48. The van der Waals surface area contributed by atoms with E-state index in [4.69, 9.17) is 5.10 Å². The summed E-state index contributed by atoms with van der Waals surface area (Å²) in [6, 6.07) is 8.55. The maximum atomic E-state index is 4.81. The lowest BCUT2D eigenvalue weighted by Crippen LogP contribution is -2.02. The number of rotatable bonds is 6. The zero-order chi connectivity index (χ0) is 16.8. The van der Waals surface area contributed by atoms with E-state index in [1.165, 1.54) is 28.0 Å². The number of aryl methyl sites for hydroxylation is 2. The van der Waals surface area contributed by atoms with Crippen molar-refractivity contribution >= 4 is 5.57 Å². The van der Waals surface area contributed by atoms with Gasteiger partial charge in [-0.05, 0) is 51.1 Å². The Labute approximate surface area is 139 Å². The molecule has 0 aliphatic heterocycles. The fourth-order valence-electron chi connectivity index (χ4n) is 2.85. The highest BCUT2D eigenvalue weighted by atomic mass is 15.3. The van der Waals surface area contributed by atoms with Crippen molar-refractivity contribution in [2.24, 2.45) is 7.05 Å². The molecule has 0 radical (unpaired) electrons. The number of nitrogens with one attached hydrogen (secondary N) is 1. The molecule has 0 unspecified atom stereocenters. The molecule has 2 rings (SSSR count). The van der Waals surface area contributed by atoms with Crippen molar-refractivity contribution in [3.63, 3.8) is 0 Å². The molecule has 1 N–H and O–H groups in total. The van der Waals surface area contributed by atoms with E-state index in [0.717, 1.165) is 18.7 Å². The Morgan fingerprint density at radius 3 is 2.70 bits per heavy atom. The van der Waals surface area contributed by atoms with Crippen LogP contribution in [0.1, 0.15) is 37.6 Å². The summed E-state index contributed by atoms with van der Waals surface area (Å²) in [4.78, 5) is 0. The van der Waals surface area contributed by atoms with Gasteiger partial charge in [0, 0.05) is 30.4 Å². The van der Waals surface area contributed by atoms with Gasteiger partial charge in [0.2, 0.25) is 0 Å². The molecule has 0 spiro atoms. The molecule has 0 atom stereocenters. The van der Waals surface area contributed by atoms with Crippen LogP contribution >= 0.6 is 0 Å². The van der Waals surface area contributed by atoms with Gasteiger partial charge in [-0.25, -0.2) is 0 Å². The molecule has 0 bridgehead atoms. The number of benzene rings is 1. The summed E-state index contributed by atoms with van der Waals surface area (Å²) in [7, 11) is 2.03. The molecule has 0 amide bonds. The van der Waals surface area contributed by atoms with Crippen molar-refractivity contribution in [3.8, 4) is 11.3 Å². The summed E-state index contributed by atoms with van der Waals surface area (Å²) in [5, 5.41) is 8.06. The number of allylic oxidation sites excluding steroid dienone is 3. The zero-order valence-electron chi connectivity index (χ0n) is 14.9. The van der Waals surface area contributed by atoms with Crippen LogP contribution in [0, 0.1) is 6.92 Å². The maximum absolute atomic E-state index is 4.81. The molecule has 1 aromatic heterocycles. The summed E-state index contributed by atoms with van der Waals surface area (Å²) in [6.45, 7) is 9.40. The summed E-state index contributed by atoms with van der Waals surface area (Å²) < 4.78 is 2.01. The van der Waals surface area contributed by atoms with Gasteiger partial charge in [0.05, 0.1) is 0 Å². The molecule has 0 saturated heterocycles. The first-order valence-electron chi connectivity index (χ1n) is 8.31. The third kappa shape index (κ3) is 3.73. The average Bonchev–Trinajstić information content (AvgIpc) is 2.88. The molecule has 0 fully saturated rings. The van der Waals surface area contributed by atoms with Gasteiger partial charge < -0.3 is 5.32 Å². The second-order valence-electron chi connectivity index (χ2n) is 5.65. The van der Waals surface area contributed by atoms with E-state index < -0.39 is 0 Å². The van der Waals surface area contributed by atoms with Crippen molar-refractivity contribution in [1.82, 2.24) is 15.1 Å². The first-order valence-corrected chi connectivity index (χ1v) is 8.31. The van der Waals surface area contributed by atoms with Crippen molar-refractivity contribution in [3.05, 3.63) is 59.4 Å². The molecule has 0 aliphatic rings. The molecule has 3 nitrogen and oxygen atoms in total. The van der Waals surface area contributed by atoms with Crippen LogP contribution in [0.25, 0.3) is 16.8 Å². The van der Waals surface area contributed by atoms with E-state index in [-0.39, 0.29) is 0 Å². The van der Waals surface area contributed by atoms with Crippen molar-refractivity contribution in [2.45, 2.75) is 34.1 Å². The Morgan fingerprint density at radius 1 is 1.30 bits per heavy atom. The van der Waals surface area contributed by atoms with Crippen LogP contribution in [-0.4, -0.2) is 16.3 Å². The lowest BCUT2D eigenvalue weighted by Gasteiger charge is -2.08. The van der Waals surface area contributed by atoms with Crippen LogP contribution in [0.2, 0.25) is 0 Å². The lowest BCUT2D eigenvalue weighted by molar-refractivity contribution is 0.719. The molecule has 1 heterocycles. The van der Waals surface area contributed by atoms with Crippen LogP contribution in [-0.2, 0) is 13.5 Å². The van der Waals surface area contributed by atoms with Gasteiger partial charge in [-0.3, -0.25) is 4.68 Å². The largest absolute Gasteiger partial charge is 0.391 e. The molecular formula is C20H27N3. The average molecular weight is 309 g/mol. The summed E-state index contributed by atoms with van der Waals surface area (Å²) >= 11 is 0. The van der Waals surface area contributed by atoms with Gasteiger partial charge >= 0.3 is 0 Å². The molecule has 0 aliphatic carbocycles. The Hall–Kier alpha value is -2.29. The zero-order valence-corrected chi connectivity index (χ0v) is 14.9. The van der Waals surface area contributed by atoms with Crippen molar-refractivity contribution < 1.29 is 0 Å². The lowest BCUT2D eigenvalue weighted by atomic mass is 9.97. The van der Waals surface area contributed by atoms with Crippen LogP contribution < -0.4 is 5.32 Å². The number of aromatic nitrogens is 2. The SMILES string of the molecule is C/C=C(\C=C/NCC)c1c(-c2cccc(C)c2)nn(C)c1CC. The van der Waals surface area contributed by atoms with Crippen molar-refractivity contribution in [1.29, 1.82) is 0 Å². The Balaban J connectivity index is 2.60.